The number of hydrazine groups is 1. The highest BCUT2D eigenvalue weighted by Crippen LogP contribution is 2.26. The quantitative estimate of drug-likeness (QED) is 0.483. The van der Waals surface area contributed by atoms with Crippen LogP contribution < -0.4 is 16.2 Å². The van der Waals surface area contributed by atoms with Gasteiger partial charge in [0.15, 0.2) is 0 Å². The van der Waals surface area contributed by atoms with Crippen LogP contribution in [0.3, 0.4) is 0 Å². The first-order valence-corrected chi connectivity index (χ1v) is 6.26. The number of rotatable bonds is 5. The van der Waals surface area contributed by atoms with Crippen LogP contribution in [0.1, 0.15) is 5.56 Å². The van der Waals surface area contributed by atoms with Crippen molar-refractivity contribution in [2.24, 2.45) is 5.84 Å². The Bertz CT molecular complexity index is 573. The van der Waals surface area contributed by atoms with Gasteiger partial charge in [0.1, 0.15) is 6.20 Å². The zero-order valence-electron chi connectivity index (χ0n) is 10.1. The third-order valence-corrected chi connectivity index (χ3v) is 3.17. The molecule has 2 heterocycles. The van der Waals surface area contributed by atoms with Gasteiger partial charge >= 0.3 is 5.69 Å². The van der Waals surface area contributed by atoms with E-state index >= 15 is 0 Å². The molecule has 2 rings (SSSR count). The zero-order valence-corrected chi connectivity index (χ0v) is 10.9. The van der Waals surface area contributed by atoms with Crippen LogP contribution >= 0.6 is 11.3 Å². The molecular formula is C10H12N6O2S. The Kier molecular flexibility index (Phi) is 3.88. The van der Waals surface area contributed by atoms with E-state index in [0.29, 0.717) is 6.54 Å². The number of anilines is 2. The maximum atomic E-state index is 11.0. The van der Waals surface area contributed by atoms with Gasteiger partial charge in [0.05, 0.1) is 4.92 Å². The summed E-state index contributed by atoms with van der Waals surface area (Å²) in [6, 6.07) is 1.95. The molecule has 0 fully saturated rings. The van der Waals surface area contributed by atoms with Crippen LogP contribution in [0.2, 0.25) is 0 Å². The summed E-state index contributed by atoms with van der Waals surface area (Å²) in [5, 5.41) is 14.9. The third kappa shape index (κ3) is 2.95. The monoisotopic (exact) mass is 280 g/mol. The molecule has 0 spiro atoms. The van der Waals surface area contributed by atoms with E-state index in [2.05, 4.69) is 15.4 Å². The van der Waals surface area contributed by atoms with E-state index in [1.54, 1.807) is 23.3 Å². The summed E-state index contributed by atoms with van der Waals surface area (Å²) in [7, 11) is 1.73. The molecule has 0 aliphatic heterocycles. The summed E-state index contributed by atoms with van der Waals surface area (Å²) in [5.74, 6) is 5.58. The van der Waals surface area contributed by atoms with E-state index in [1.165, 1.54) is 0 Å². The number of nitrogen functional groups attached to an aromatic ring is 1. The second kappa shape index (κ2) is 5.59. The van der Waals surface area contributed by atoms with Gasteiger partial charge in [-0.25, -0.2) is 10.8 Å². The molecule has 0 radical (unpaired) electrons. The van der Waals surface area contributed by atoms with Crippen LogP contribution in [0, 0.1) is 10.1 Å². The average Bonchev–Trinajstić information content (AvgIpc) is 2.90. The van der Waals surface area contributed by atoms with Gasteiger partial charge in [0, 0.05) is 13.6 Å². The molecule has 0 saturated carbocycles. The molecule has 19 heavy (non-hydrogen) atoms. The molecule has 0 unspecified atom stereocenters. The van der Waals surface area contributed by atoms with E-state index in [9.17, 15) is 10.1 Å². The molecule has 0 bridgehead atoms. The van der Waals surface area contributed by atoms with Crippen molar-refractivity contribution < 1.29 is 4.92 Å². The fraction of sp³-hybridized carbons (Fsp3) is 0.200. The van der Waals surface area contributed by atoms with Crippen molar-refractivity contribution in [3.8, 4) is 0 Å². The molecule has 2 aromatic heterocycles. The number of aromatic nitrogens is 2. The second-order valence-electron chi connectivity index (χ2n) is 3.79. The molecule has 3 N–H and O–H groups in total. The first kappa shape index (κ1) is 13.2. The van der Waals surface area contributed by atoms with Gasteiger partial charge in [-0.05, 0) is 22.4 Å². The van der Waals surface area contributed by atoms with Gasteiger partial charge in [-0.3, -0.25) is 15.5 Å². The van der Waals surface area contributed by atoms with E-state index in [-0.39, 0.29) is 17.5 Å². The first-order chi connectivity index (χ1) is 9.11. The van der Waals surface area contributed by atoms with Gasteiger partial charge in [-0.1, -0.05) is 0 Å². The lowest BCUT2D eigenvalue weighted by Gasteiger charge is -2.17. The smallest absolute Gasteiger partial charge is 0.329 e. The molecule has 2 aromatic rings. The minimum Gasteiger partial charge on any atom is -0.349 e. The first-order valence-electron chi connectivity index (χ1n) is 5.32. The number of nitrogens with one attached hydrogen (secondary N) is 1. The van der Waals surface area contributed by atoms with Gasteiger partial charge in [-0.15, -0.1) is 0 Å². The van der Waals surface area contributed by atoms with Gasteiger partial charge in [-0.2, -0.15) is 16.3 Å². The Hall–Kier alpha value is -2.26. The lowest BCUT2D eigenvalue weighted by atomic mass is 10.3. The maximum absolute atomic E-state index is 11.0. The summed E-state index contributed by atoms with van der Waals surface area (Å²) in [5.41, 5.74) is 3.18. The highest BCUT2D eigenvalue weighted by molar-refractivity contribution is 7.07. The van der Waals surface area contributed by atoms with Crippen LogP contribution in [-0.2, 0) is 6.54 Å². The summed E-state index contributed by atoms with van der Waals surface area (Å²) >= 11 is 1.57. The van der Waals surface area contributed by atoms with Crippen molar-refractivity contribution in [3.05, 3.63) is 38.7 Å². The summed E-state index contributed by atoms with van der Waals surface area (Å²) < 4.78 is 0. The Balaban J connectivity index is 2.32. The highest BCUT2D eigenvalue weighted by Gasteiger charge is 2.20. The Morgan fingerprint density at radius 3 is 3.00 bits per heavy atom. The highest BCUT2D eigenvalue weighted by atomic mass is 32.1. The average molecular weight is 280 g/mol. The molecule has 9 heteroatoms. The lowest BCUT2D eigenvalue weighted by Crippen LogP contribution is -2.20. The minimum absolute atomic E-state index is 0.137. The normalized spacial score (nSPS) is 10.2. The molecule has 8 nitrogen and oxygen atoms in total. The van der Waals surface area contributed by atoms with E-state index in [4.69, 9.17) is 5.84 Å². The summed E-state index contributed by atoms with van der Waals surface area (Å²) in [6.07, 6.45) is 1.14. The van der Waals surface area contributed by atoms with Crippen LogP contribution in [0.15, 0.2) is 23.0 Å². The molecular weight excluding hydrogens is 268 g/mol. The number of thiophene rings is 1. The number of nitro groups is 1. The number of nitrogens with two attached hydrogens (primary N) is 1. The standard InChI is InChI=1S/C10H12N6O2S/c1-15(5-7-2-3-19-6-7)9-8(16(17)18)4-12-10(13-9)14-11/h2-4,6H,5,11H2,1H3,(H,12,13,14). The molecule has 0 amide bonds. The summed E-state index contributed by atoms with van der Waals surface area (Å²) in [4.78, 5) is 19.9. The molecule has 0 aromatic carbocycles. The van der Waals surface area contributed by atoms with Gasteiger partial charge in [0.2, 0.25) is 11.8 Å². The Morgan fingerprint density at radius 1 is 1.63 bits per heavy atom. The number of hydrogen-bond donors (Lipinski definition) is 2. The third-order valence-electron chi connectivity index (χ3n) is 2.44. The van der Waals surface area contributed by atoms with E-state index in [0.717, 1.165) is 11.8 Å². The molecule has 100 valence electrons. The Labute approximate surface area is 113 Å². The largest absolute Gasteiger partial charge is 0.349 e. The van der Waals surface area contributed by atoms with E-state index < -0.39 is 4.92 Å². The van der Waals surface area contributed by atoms with E-state index in [1.807, 2.05) is 16.8 Å². The van der Waals surface area contributed by atoms with Crippen molar-refractivity contribution in [2.45, 2.75) is 6.54 Å². The Morgan fingerprint density at radius 2 is 2.42 bits per heavy atom. The van der Waals surface area contributed by atoms with Crippen molar-refractivity contribution in [1.29, 1.82) is 0 Å². The van der Waals surface area contributed by atoms with Gasteiger partial charge in [0.25, 0.3) is 0 Å². The maximum Gasteiger partial charge on any atom is 0.329 e. The minimum atomic E-state index is -0.514. The van der Waals surface area contributed by atoms with Crippen LogP contribution in [-0.4, -0.2) is 21.9 Å². The lowest BCUT2D eigenvalue weighted by molar-refractivity contribution is -0.384. The topological polar surface area (TPSA) is 110 Å². The predicted octanol–water partition coefficient (Wildman–Crippen LogP) is 1.37. The molecule has 0 aliphatic carbocycles. The molecule has 0 atom stereocenters. The molecule has 0 saturated heterocycles. The SMILES string of the molecule is CN(Cc1ccsc1)c1nc(NN)ncc1[N+](=O)[O-]. The second-order valence-corrected chi connectivity index (χ2v) is 4.57. The van der Waals surface area contributed by atoms with Crippen LogP contribution in [0.5, 0.6) is 0 Å². The fourth-order valence-electron chi connectivity index (χ4n) is 1.58. The zero-order chi connectivity index (χ0) is 13.8. The number of hydrogen-bond acceptors (Lipinski definition) is 8. The van der Waals surface area contributed by atoms with Crippen molar-refractivity contribution in [1.82, 2.24) is 9.97 Å². The van der Waals surface area contributed by atoms with Crippen molar-refractivity contribution in [3.63, 3.8) is 0 Å². The van der Waals surface area contributed by atoms with Crippen molar-refractivity contribution in [2.75, 3.05) is 17.4 Å². The van der Waals surface area contributed by atoms with Crippen LogP contribution in [0.25, 0.3) is 0 Å². The summed E-state index contributed by atoms with van der Waals surface area (Å²) in [6.45, 7) is 0.519. The van der Waals surface area contributed by atoms with Crippen molar-refractivity contribution >= 4 is 28.8 Å². The molecule has 0 aliphatic rings. The fourth-order valence-corrected chi connectivity index (χ4v) is 2.24. The van der Waals surface area contributed by atoms with Crippen LogP contribution in [0.4, 0.5) is 17.5 Å². The predicted molar refractivity (Wildman–Crippen MR) is 72.9 cm³/mol. The van der Waals surface area contributed by atoms with Gasteiger partial charge < -0.3 is 4.90 Å². The number of nitrogens with zero attached hydrogens (tertiary/aromatic N) is 4.